The zero-order valence-electron chi connectivity index (χ0n) is 10.7. The number of carbonyl (C=O) groups is 1. The monoisotopic (exact) mass is 278 g/mol. The predicted octanol–water partition coefficient (Wildman–Crippen LogP) is -0.260. The molecule has 0 saturated carbocycles. The van der Waals surface area contributed by atoms with Crippen molar-refractivity contribution < 1.29 is 22.7 Å². The van der Waals surface area contributed by atoms with E-state index in [-0.39, 0.29) is 26.1 Å². The number of esters is 1. The van der Waals surface area contributed by atoms with Crippen LogP contribution in [0.1, 0.15) is 13.3 Å². The van der Waals surface area contributed by atoms with Gasteiger partial charge in [0.15, 0.2) is 5.25 Å². The lowest BCUT2D eigenvalue weighted by atomic mass is 10.4. The van der Waals surface area contributed by atoms with E-state index in [0.29, 0.717) is 0 Å². The third-order valence-corrected chi connectivity index (χ3v) is 4.53. The van der Waals surface area contributed by atoms with Crippen molar-refractivity contribution in [3.05, 3.63) is 0 Å². The highest BCUT2D eigenvalue weighted by atomic mass is 32.2. The second-order valence-corrected chi connectivity index (χ2v) is 5.76. The van der Waals surface area contributed by atoms with E-state index in [4.69, 9.17) is 10.00 Å². The minimum atomic E-state index is -3.83. The summed E-state index contributed by atoms with van der Waals surface area (Å²) in [6, 6.07) is 1.87. The molecule has 104 valence electrons. The number of nitrogens with zero attached hydrogens (tertiary/aromatic N) is 2. The molecular formula is C10H18N2O5S. The molecule has 0 aromatic carbocycles. The molecule has 0 fully saturated rings. The van der Waals surface area contributed by atoms with Crippen molar-refractivity contribution in [1.82, 2.24) is 4.31 Å². The molecule has 8 heteroatoms. The van der Waals surface area contributed by atoms with Crippen molar-refractivity contribution in [1.29, 1.82) is 5.26 Å². The fraction of sp³-hybridized carbons (Fsp3) is 0.800. The Morgan fingerprint density at radius 3 is 2.44 bits per heavy atom. The molecule has 0 aliphatic heterocycles. The van der Waals surface area contributed by atoms with Crippen molar-refractivity contribution in [3.8, 4) is 6.07 Å². The summed E-state index contributed by atoms with van der Waals surface area (Å²) < 4.78 is 34.5. The maximum Gasteiger partial charge on any atom is 0.325 e. The second kappa shape index (κ2) is 8.02. The van der Waals surface area contributed by atoms with Gasteiger partial charge in [-0.3, -0.25) is 4.79 Å². The predicted molar refractivity (Wildman–Crippen MR) is 64.1 cm³/mol. The first-order chi connectivity index (χ1) is 8.41. The highest BCUT2D eigenvalue weighted by Gasteiger charge is 2.34. The third-order valence-electron chi connectivity index (χ3n) is 2.36. The first kappa shape index (κ1) is 16.8. The van der Waals surface area contributed by atoms with Crippen molar-refractivity contribution in [3.63, 3.8) is 0 Å². The molecule has 0 N–H and O–H groups in total. The molecule has 0 spiro atoms. The number of sulfonamides is 1. The van der Waals surface area contributed by atoms with E-state index in [1.54, 1.807) is 0 Å². The van der Waals surface area contributed by atoms with Crippen molar-refractivity contribution in [2.24, 2.45) is 0 Å². The van der Waals surface area contributed by atoms with Gasteiger partial charge in [-0.1, -0.05) is 0 Å². The Morgan fingerprint density at radius 1 is 1.39 bits per heavy atom. The van der Waals surface area contributed by atoms with Crippen molar-refractivity contribution >= 4 is 16.0 Å². The molecular weight excluding hydrogens is 260 g/mol. The van der Waals surface area contributed by atoms with E-state index in [9.17, 15) is 13.2 Å². The second-order valence-electron chi connectivity index (χ2n) is 3.51. The Labute approximate surface area is 107 Å². The summed E-state index contributed by atoms with van der Waals surface area (Å²) in [7, 11) is -1.26. The summed E-state index contributed by atoms with van der Waals surface area (Å²) in [5, 5.41) is 7.21. The summed E-state index contributed by atoms with van der Waals surface area (Å²) >= 11 is 0. The summed E-state index contributed by atoms with van der Waals surface area (Å²) in [5.41, 5.74) is 0. The first-order valence-corrected chi connectivity index (χ1v) is 6.84. The Morgan fingerprint density at radius 2 is 2.00 bits per heavy atom. The van der Waals surface area contributed by atoms with Crippen molar-refractivity contribution in [2.75, 3.05) is 33.9 Å². The van der Waals surface area contributed by atoms with Gasteiger partial charge in [-0.25, -0.2) is 8.42 Å². The molecule has 0 aromatic heterocycles. The SMILES string of the molecule is COCCN(CCC#N)S(=O)(=O)C(C)C(=O)OC. The molecule has 0 bridgehead atoms. The number of ether oxygens (including phenoxy) is 2. The van der Waals surface area contributed by atoms with Gasteiger partial charge in [0.05, 0.1) is 19.8 Å². The quantitative estimate of drug-likeness (QED) is 0.567. The molecule has 1 atom stereocenters. The lowest BCUT2D eigenvalue weighted by Gasteiger charge is -2.23. The standard InChI is InChI=1S/C10H18N2O5S/c1-9(10(13)17-3)18(14,15)12(6-4-5-11)7-8-16-2/h9H,4,6-8H2,1-3H3. The molecule has 0 amide bonds. The summed E-state index contributed by atoms with van der Waals surface area (Å²) in [5.74, 6) is -0.825. The van der Waals surface area contributed by atoms with Gasteiger partial charge in [-0.15, -0.1) is 0 Å². The van der Waals surface area contributed by atoms with E-state index >= 15 is 0 Å². The topological polar surface area (TPSA) is 96.7 Å². The molecule has 0 radical (unpaired) electrons. The van der Waals surface area contributed by atoms with Crippen LogP contribution < -0.4 is 0 Å². The molecule has 18 heavy (non-hydrogen) atoms. The van der Waals surface area contributed by atoms with Gasteiger partial charge >= 0.3 is 5.97 Å². The first-order valence-electron chi connectivity index (χ1n) is 5.34. The normalized spacial score (nSPS) is 13.1. The summed E-state index contributed by atoms with van der Waals surface area (Å²) in [6.45, 7) is 1.58. The van der Waals surface area contributed by atoms with Crippen LogP contribution in [0.5, 0.6) is 0 Å². The number of carbonyl (C=O) groups excluding carboxylic acids is 1. The van der Waals surface area contributed by atoms with Crippen LogP contribution in [0.25, 0.3) is 0 Å². The van der Waals surface area contributed by atoms with Crippen LogP contribution in [0, 0.1) is 11.3 Å². The molecule has 0 saturated heterocycles. The minimum absolute atomic E-state index is 0.0313. The van der Waals surface area contributed by atoms with Crippen molar-refractivity contribution in [2.45, 2.75) is 18.6 Å². The number of hydrogen-bond donors (Lipinski definition) is 0. The molecule has 0 aliphatic rings. The van der Waals surface area contributed by atoms with Crippen LogP contribution in [-0.4, -0.2) is 57.9 Å². The summed E-state index contributed by atoms with van der Waals surface area (Å²) in [6.07, 6.45) is 0.0524. The summed E-state index contributed by atoms with van der Waals surface area (Å²) in [4.78, 5) is 11.3. The molecule has 0 rings (SSSR count). The Bertz CT molecular complexity index is 401. The molecule has 0 heterocycles. The fourth-order valence-electron chi connectivity index (χ4n) is 1.25. The van der Waals surface area contributed by atoms with Gasteiger partial charge in [0.2, 0.25) is 10.0 Å². The van der Waals surface area contributed by atoms with Gasteiger partial charge in [0.1, 0.15) is 0 Å². The molecule has 0 aromatic rings. The maximum absolute atomic E-state index is 12.1. The zero-order chi connectivity index (χ0) is 14.2. The number of hydrogen-bond acceptors (Lipinski definition) is 6. The Balaban J connectivity index is 4.94. The molecule has 1 unspecified atom stereocenters. The highest BCUT2D eigenvalue weighted by molar-refractivity contribution is 7.90. The lowest BCUT2D eigenvalue weighted by Crippen LogP contribution is -2.43. The van der Waals surface area contributed by atoms with E-state index in [0.717, 1.165) is 11.4 Å². The van der Waals surface area contributed by atoms with Gasteiger partial charge in [-0.05, 0) is 6.92 Å². The average molecular weight is 278 g/mol. The van der Waals surface area contributed by atoms with E-state index in [2.05, 4.69) is 4.74 Å². The van der Waals surface area contributed by atoms with Crippen LogP contribution >= 0.6 is 0 Å². The van der Waals surface area contributed by atoms with E-state index in [1.807, 2.05) is 6.07 Å². The number of nitriles is 1. The Kier molecular flexibility index (Phi) is 7.50. The fourth-order valence-corrected chi connectivity index (χ4v) is 2.71. The molecule has 0 aliphatic carbocycles. The van der Waals surface area contributed by atoms with Gasteiger partial charge in [-0.2, -0.15) is 9.57 Å². The number of methoxy groups -OCH3 is 2. The lowest BCUT2D eigenvalue weighted by molar-refractivity contribution is -0.139. The van der Waals surface area contributed by atoms with Crippen LogP contribution in [-0.2, 0) is 24.3 Å². The van der Waals surface area contributed by atoms with Gasteiger partial charge in [0, 0.05) is 26.6 Å². The smallest absolute Gasteiger partial charge is 0.325 e. The van der Waals surface area contributed by atoms with Crippen LogP contribution in [0.4, 0.5) is 0 Å². The Hall–Kier alpha value is -1.17. The van der Waals surface area contributed by atoms with E-state index in [1.165, 1.54) is 14.0 Å². The minimum Gasteiger partial charge on any atom is -0.468 e. The molecule has 7 nitrogen and oxygen atoms in total. The number of rotatable bonds is 8. The van der Waals surface area contributed by atoms with Crippen LogP contribution in [0.15, 0.2) is 0 Å². The van der Waals surface area contributed by atoms with E-state index < -0.39 is 21.2 Å². The van der Waals surface area contributed by atoms with Gasteiger partial charge in [0.25, 0.3) is 0 Å². The maximum atomic E-state index is 12.1. The van der Waals surface area contributed by atoms with Crippen LogP contribution in [0.2, 0.25) is 0 Å². The van der Waals surface area contributed by atoms with Crippen LogP contribution in [0.3, 0.4) is 0 Å². The highest BCUT2D eigenvalue weighted by Crippen LogP contribution is 2.11. The zero-order valence-corrected chi connectivity index (χ0v) is 11.6. The average Bonchev–Trinajstić information content (AvgIpc) is 2.36. The third kappa shape index (κ3) is 4.60. The van der Waals surface area contributed by atoms with Gasteiger partial charge < -0.3 is 9.47 Å². The largest absolute Gasteiger partial charge is 0.468 e.